The predicted molar refractivity (Wildman–Crippen MR) is 90.0 cm³/mol. The summed E-state index contributed by atoms with van der Waals surface area (Å²) in [7, 11) is 0. The van der Waals surface area contributed by atoms with E-state index in [2.05, 4.69) is 15.5 Å². The van der Waals surface area contributed by atoms with Crippen molar-refractivity contribution in [1.82, 2.24) is 20.4 Å². The van der Waals surface area contributed by atoms with Crippen LogP contribution in [0, 0.1) is 0 Å². The van der Waals surface area contributed by atoms with Gasteiger partial charge in [0, 0.05) is 38.8 Å². The standard InChI is InChI=1S/C17H26N4O2/c1-14(2)19-17(23)21-10-8-20(9-11-21)13-16(22)18-12-15-6-4-3-5-7-15/h3-7,14H,8-13H2,1-2H3,(H,18,22)(H,19,23). The highest BCUT2D eigenvalue weighted by Crippen LogP contribution is 2.03. The molecule has 1 saturated heterocycles. The first-order valence-corrected chi connectivity index (χ1v) is 8.13. The molecule has 0 saturated carbocycles. The van der Waals surface area contributed by atoms with Crippen LogP contribution in [0.25, 0.3) is 0 Å². The van der Waals surface area contributed by atoms with Crippen LogP contribution >= 0.6 is 0 Å². The topological polar surface area (TPSA) is 64.7 Å². The highest BCUT2D eigenvalue weighted by molar-refractivity contribution is 5.78. The van der Waals surface area contributed by atoms with Crippen LogP contribution < -0.4 is 10.6 Å². The van der Waals surface area contributed by atoms with E-state index < -0.39 is 0 Å². The molecule has 1 aliphatic rings. The fourth-order valence-corrected chi connectivity index (χ4v) is 2.50. The molecule has 0 bridgehead atoms. The van der Waals surface area contributed by atoms with Crippen LogP contribution in [0.15, 0.2) is 30.3 Å². The first-order valence-electron chi connectivity index (χ1n) is 8.13. The van der Waals surface area contributed by atoms with Gasteiger partial charge in [0.05, 0.1) is 6.54 Å². The van der Waals surface area contributed by atoms with E-state index in [0.717, 1.165) is 18.7 Å². The van der Waals surface area contributed by atoms with E-state index in [1.807, 2.05) is 44.2 Å². The van der Waals surface area contributed by atoms with Crippen LogP contribution in [0.2, 0.25) is 0 Å². The molecule has 6 heteroatoms. The van der Waals surface area contributed by atoms with Crippen molar-refractivity contribution >= 4 is 11.9 Å². The lowest BCUT2D eigenvalue weighted by Gasteiger charge is -2.34. The Balaban J connectivity index is 1.67. The average molecular weight is 318 g/mol. The van der Waals surface area contributed by atoms with Gasteiger partial charge in [0.2, 0.25) is 5.91 Å². The fourth-order valence-electron chi connectivity index (χ4n) is 2.50. The highest BCUT2D eigenvalue weighted by atomic mass is 16.2. The van der Waals surface area contributed by atoms with Gasteiger partial charge in [-0.15, -0.1) is 0 Å². The molecule has 1 fully saturated rings. The van der Waals surface area contributed by atoms with Gasteiger partial charge in [0.1, 0.15) is 0 Å². The first-order chi connectivity index (χ1) is 11.0. The minimum absolute atomic E-state index is 0.0202. The summed E-state index contributed by atoms with van der Waals surface area (Å²) in [5.74, 6) is 0.0222. The third-order valence-corrected chi connectivity index (χ3v) is 3.77. The Morgan fingerprint density at radius 2 is 1.74 bits per heavy atom. The largest absolute Gasteiger partial charge is 0.351 e. The number of urea groups is 1. The zero-order valence-corrected chi connectivity index (χ0v) is 13.9. The van der Waals surface area contributed by atoms with Crippen molar-refractivity contribution in [1.29, 1.82) is 0 Å². The van der Waals surface area contributed by atoms with Gasteiger partial charge in [-0.05, 0) is 19.4 Å². The molecule has 1 heterocycles. The van der Waals surface area contributed by atoms with E-state index in [4.69, 9.17) is 0 Å². The lowest BCUT2D eigenvalue weighted by molar-refractivity contribution is -0.122. The highest BCUT2D eigenvalue weighted by Gasteiger charge is 2.22. The number of rotatable bonds is 5. The molecule has 0 radical (unpaired) electrons. The Hall–Kier alpha value is -2.08. The Labute approximate surface area is 137 Å². The summed E-state index contributed by atoms with van der Waals surface area (Å²) in [5, 5.41) is 5.83. The van der Waals surface area contributed by atoms with Crippen molar-refractivity contribution in [3.63, 3.8) is 0 Å². The molecule has 23 heavy (non-hydrogen) atoms. The minimum atomic E-state index is -0.0202. The van der Waals surface area contributed by atoms with Gasteiger partial charge in [0.25, 0.3) is 0 Å². The summed E-state index contributed by atoms with van der Waals surface area (Å²) in [5.41, 5.74) is 1.09. The van der Waals surface area contributed by atoms with Crippen molar-refractivity contribution in [2.24, 2.45) is 0 Å². The normalized spacial score (nSPS) is 15.5. The summed E-state index contributed by atoms with van der Waals surface area (Å²) < 4.78 is 0. The van der Waals surface area contributed by atoms with Crippen LogP contribution in [0.5, 0.6) is 0 Å². The number of nitrogens with zero attached hydrogens (tertiary/aromatic N) is 2. The number of carbonyl (C=O) groups excluding carboxylic acids is 2. The van der Waals surface area contributed by atoms with Gasteiger partial charge < -0.3 is 15.5 Å². The average Bonchev–Trinajstić information content (AvgIpc) is 2.54. The molecule has 3 amide bonds. The molecule has 0 unspecified atom stereocenters. The van der Waals surface area contributed by atoms with E-state index >= 15 is 0 Å². The monoisotopic (exact) mass is 318 g/mol. The van der Waals surface area contributed by atoms with Crippen molar-refractivity contribution in [2.75, 3.05) is 32.7 Å². The van der Waals surface area contributed by atoms with Crippen molar-refractivity contribution in [3.8, 4) is 0 Å². The third kappa shape index (κ3) is 5.90. The van der Waals surface area contributed by atoms with Crippen LogP contribution in [0.3, 0.4) is 0 Å². The number of hydrogen-bond donors (Lipinski definition) is 2. The Morgan fingerprint density at radius 3 is 2.35 bits per heavy atom. The summed E-state index contributed by atoms with van der Waals surface area (Å²) in [4.78, 5) is 27.8. The second-order valence-electron chi connectivity index (χ2n) is 6.13. The SMILES string of the molecule is CC(C)NC(=O)N1CCN(CC(=O)NCc2ccccc2)CC1. The van der Waals surface area contributed by atoms with E-state index in [-0.39, 0.29) is 18.0 Å². The number of benzene rings is 1. The van der Waals surface area contributed by atoms with Crippen molar-refractivity contribution in [3.05, 3.63) is 35.9 Å². The Kier molecular flexibility index (Phi) is 6.40. The zero-order chi connectivity index (χ0) is 16.7. The molecule has 0 atom stereocenters. The van der Waals surface area contributed by atoms with Gasteiger partial charge in [-0.25, -0.2) is 4.79 Å². The zero-order valence-electron chi connectivity index (χ0n) is 13.9. The number of piperazine rings is 1. The van der Waals surface area contributed by atoms with Crippen LogP contribution in [0.4, 0.5) is 4.79 Å². The van der Waals surface area contributed by atoms with E-state index in [0.29, 0.717) is 26.2 Å². The van der Waals surface area contributed by atoms with Gasteiger partial charge in [-0.1, -0.05) is 30.3 Å². The van der Waals surface area contributed by atoms with Crippen molar-refractivity contribution < 1.29 is 9.59 Å². The molecule has 126 valence electrons. The molecule has 0 spiro atoms. The second-order valence-corrected chi connectivity index (χ2v) is 6.13. The number of nitrogens with one attached hydrogen (secondary N) is 2. The summed E-state index contributed by atoms with van der Waals surface area (Å²) in [6.45, 7) is 7.60. The summed E-state index contributed by atoms with van der Waals surface area (Å²) >= 11 is 0. The maximum Gasteiger partial charge on any atom is 0.317 e. The van der Waals surface area contributed by atoms with Crippen LogP contribution in [-0.2, 0) is 11.3 Å². The van der Waals surface area contributed by atoms with E-state index in [1.165, 1.54) is 0 Å². The van der Waals surface area contributed by atoms with Gasteiger partial charge in [0.15, 0.2) is 0 Å². The molecule has 2 N–H and O–H groups in total. The molecule has 1 aliphatic heterocycles. The maximum absolute atomic E-state index is 12.0. The minimum Gasteiger partial charge on any atom is -0.351 e. The fraction of sp³-hybridized carbons (Fsp3) is 0.529. The Bertz CT molecular complexity index is 511. The second kappa shape index (κ2) is 8.53. The number of carbonyl (C=O) groups is 2. The molecule has 0 aromatic heterocycles. The first kappa shape index (κ1) is 17.3. The molecular formula is C17H26N4O2. The molecule has 1 aromatic carbocycles. The third-order valence-electron chi connectivity index (χ3n) is 3.77. The molecular weight excluding hydrogens is 292 g/mol. The van der Waals surface area contributed by atoms with Crippen LogP contribution in [-0.4, -0.2) is 60.5 Å². The van der Waals surface area contributed by atoms with Gasteiger partial charge in [-0.3, -0.25) is 9.69 Å². The van der Waals surface area contributed by atoms with Crippen molar-refractivity contribution in [2.45, 2.75) is 26.4 Å². The Morgan fingerprint density at radius 1 is 1.09 bits per heavy atom. The summed E-state index contributed by atoms with van der Waals surface area (Å²) in [6, 6.07) is 9.99. The smallest absolute Gasteiger partial charge is 0.317 e. The lowest BCUT2D eigenvalue weighted by Crippen LogP contribution is -2.54. The predicted octanol–water partition coefficient (Wildman–Crippen LogP) is 1.04. The van der Waals surface area contributed by atoms with Gasteiger partial charge >= 0.3 is 6.03 Å². The quantitative estimate of drug-likeness (QED) is 0.852. The molecule has 0 aliphatic carbocycles. The number of hydrogen-bond acceptors (Lipinski definition) is 3. The van der Waals surface area contributed by atoms with E-state index in [9.17, 15) is 9.59 Å². The van der Waals surface area contributed by atoms with E-state index in [1.54, 1.807) is 4.90 Å². The lowest BCUT2D eigenvalue weighted by atomic mass is 10.2. The number of amides is 3. The molecule has 6 nitrogen and oxygen atoms in total. The molecule has 2 rings (SSSR count). The molecule has 1 aromatic rings. The van der Waals surface area contributed by atoms with Gasteiger partial charge in [-0.2, -0.15) is 0 Å². The van der Waals surface area contributed by atoms with Crippen LogP contribution in [0.1, 0.15) is 19.4 Å². The summed E-state index contributed by atoms with van der Waals surface area (Å²) in [6.07, 6.45) is 0. The maximum atomic E-state index is 12.0.